The highest BCUT2D eigenvalue weighted by Gasteiger charge is 2.14. The minimum Gasteiger partial charge on any atom is -0.478 e. The molecule has 18 heavy (non-hydrogen) atoms. The predicted octanol–water partition coefficient (Wildman–Crippen LogP) is 1.51. The smallest absolute Gasteiger partial charge is 0.337 e. The van der Waals surface area contributed by atoms with Gasteiger partial charge in [0, 0.05) is 13.2 Å². The van der Waals surface area contributed by atoms with Crippen molar-refractivity contribution in [3.05, 3.63) is 24.0 Å². The Balaban J connectivity index is 2.70. The molecule has 98 valence electrons. The van der Waals surface area contributed by atoms with Crippen molar-refractivity contribution < 1.29 is 23.5 Å². The van der Waals surface area contributed by atoms with Crippen LogP contribution in [0.5, 0.6) is 0 Å². The Morgan fingerprint density at radius 2 is 2.17 bits per heavy atom. The van der Waals surface area contributed by atoms with Gasteiger partial charge in [-0.15, -0.1) is 0 Å². The predicted molar refractivity (Wildman–Crippen MR) is 58.8 cm³/mol. The number of carboxylic acids is 1. The number of aromatic nitrogens is 1. The van der Waals surface area contributed by atoms with E-state index in [0.717, 1.165) is 11.1 Å². The third-order valence-electron chi connectivity index (χ3n) is 2.00. The average molecular weight is 259 g/mol. The minimum absolute atomic E-state index is 0.107. The van der Waals surface area contributed by atoms with Crippen molar-refractivity contribution in [3.63, 3.8) is 0 Å². The number of nitrogens with zero attached hydrogens (tertiary/aromatic N) is 2. The SMILES string of the molecule is CN(CC(F)F)C(=O)Nc1cncc(C(=O)O)c1. The lowest BCUT2D eigenvalue weighted by Gasteiger charge is -2.17. The molecule has 0 saturated carbocycles. The molecular weight excluding hydrogens is 248 g/mol. The molecule has 6 nitrogen and oxygen atoms in total. The molecular formula is C10H11F2N3O3. The first-order valence-electron chi connectivity index (χ1n) is 4.88. The monoisotopic (exact) mass is 259 g/mol. The maximum atomic E-state index is 12.0. The molecule has 0 unspecified atom stereocenters. The summed E-state index contributed by atoms with van der Waals surface area (Å²) in [5.74, 6) is -1.19. The summed E-state index contributed by atoms with van der Waals surface area (Å²) >= 11 is 0. The summed E-state index contributed by atoms with van der Waals surface area (Å²) in [4.78, 5) is 26.5. The van der Waals surface area contributed by atoms with E-state index in [1.807, 2.05) is 0 Å². The number of anilines is 1. The van der Waals surface area contributed by atoms with Gasteiger partial charge in [0.15, 0.2) is 0 Å². The van der Waals surface area contributed by atoms with Crippen LogP contribution in [0.1, 0.15) is 10.4 Å². The van der Waals surface area contributed by atoms with Gasteiger partial charge >= 0.3 is 12.0 Å². The molecule has 0 atom stereocenters. The summed E-state index contributed by atoms with van der Waals surface area (Å²) < 4.78 is 24.1. The first-order chi connectivity index (χ1) is 8.40. The maximum Gasteiger partial charge on any atom is 0.337 e. The van der Waals surface area contributed by atoms with Gasteiger partial charge in [-0.2, -0.15) is 0 Å². The summed E-state index contributed by atoms with van der Waals surface area (Å²) in [5.41, 5.74) is 0.0188. The fourth-order valence-corrected chi connectivity index (χ4v) is 1.13. The number of urea groups is 1. The molecule has 2 amide bonds. The second-order valence-electron chi connectivity index (χ2n) is 3.47. The van der Waals surface area contributed by atoms with Gasteiger partial charge in [-0.25, -0.2) is 18.4 Å². The van der Waals surface area contributed by atoms with Crippen molar-refractivity contribution >= 4 is 17.7 Å². The molecule has 0 aliphatic carbocycles. The third-order valence-corrected chi connectivity index (χ3v) is 2.00. The number of carbonyl (C=O) groups excluding carboxylic acids is 1. The molecule has 0 radical (unpaired) electrons. The Morgan fingerprint density at radius 3 is 2.72 bits per heavy atom. The summed E-state index contributed by atoms with van der Waals surface area (Å²) in [6.07, 6.45) is -0.300. The topological polar surface area (TPSA) is 82.5 Å². The number of halogens is 2. The van der Waals surface area contributed by atoms with E-state index in [-0.39, 0.29) is 11.3 Å². The molecule has 2 N–H and O–H groups in total. The first-order valence-corrected chi connectivity index (χ1v) is 4.88. The van der Waals surface area contributed by atoms with E-state index >= 15 is 0 Å². The van der Waals surface area contributed by atoms with Gasteiger partial charge in [0.25, 0.3) is 6.43 Å². The zero-order valence-electron chi connectivity index (χ0n) is 9.43. The highest BCUT2D eigenvalue weighted by molar-refractivity contribution is 5.92. The quantitative estimate of drug-likeness (QED) is 0.858. The summed E-state index contributed by atoms with van der Waals surface area (Å²) in [5, 5.41) is 11.0. The molecule has 1 aromatic heterocycles. The van der Waals surface area contributed by atoms with Crippen LogP contribution in [0.25, 0.3) is 0 Å². The Kier molecular flexibility index (Phi) is 4.52. The first kappa shape index (κ1) is 13.8. The number of hydrogen-bond acceptors (Lipinski definition) is 3. The van der Waals surface area contributed by atoms with Crippen LogP contribution >= 0.6 is 0 Å². The van der Waals surface area contributed by atoms with Crippen LogP contribution in [0.3, 0.4) is 0 Å². The lowest BCUT2D eigenvalue weighted by Crippen LogP contribution is -2.34. The van der Waals surface area contributed by atoms with Crippen molar-refractivity contribution in [3.8, 4) is 0 Å². The Morgan fingerprint density at radius 1 is 1.50 bits per heavy atom. The van der Waals surface area contributed by atoms with Gasteiger partial charge in [0.05, 0.1) is 24.0 Å². The van der Waals surface area contributed by atoms with Crippen molar-refractivity contribution in [1.29, 1.82) is 0 Å². The molecule has 0 aliphatic rings. The highest BCUT2D eigenvalue weighted by atomic mass is 19.3. The van der Waals surface area contributed by atoms with E-state index in [1.165, 1.54) is 19.3 Å². The lowest BCUT2D eigenvalue weighted by atomic mass is 10.2. The van der Waals surface area contributed by atoms with Gasteiger partial charge in [-0.1, -0.05) is 0 Å². The van der Waals surface area contributed by atoms with Crippen LogP contribution < -0.4 is 5.32 Å². The zero-order chi connectivity index (χ0) is 13.7. The number of pyridine rings is 1. The number of rotatable bonds is 4. The lowest BCUT2D eigenvalue weighted by molar-refractivity contribution is 0.0696. The molecule has 0 aromatic carbocycles. The van der Waals surface area contributed by atoms with Crippen molar-refractivity contribution in [2.24, 2.45) is 0 Å². The second-order valence-corrected chi connectivity index (χ2v) is 3.47. The van der Waals surface area contributed by atoms with E-state index < -0.39 is 25.0 Å². The van der Waals surface area contributed by atoms with Crippen LogP contribution in [0.15, 0.2) is 18.5 Å². The molecule has 1 rings (SSSR count). The standard InChI is InChI=1S/C10H11F2N3O3/c1-15(5-8(11)12)10(18)14-7-2-6(9(16)17)3-13-4-7/h2-4,8H,5H2,1H3,(H,14,18)(H,16,17). The second kappa shape index (κ2) is 5.89. The molecule has 8 heteroatoms. The van der Waals surface area contributed by atoms with E-state index in [1.54, 1.807) is 0 Å². The Labute approximate surface area is 101 Å². The fraction of sp³-hybridized carbons (Fsp3) is 0.300. The van der Waals surface area contributed by atoms with Crippen LogP contribution in [-0.2, 0) is 0 Å². The highest BCUT2D eigenvalue weighted by Crippen LogP contribution is 2.09. The van der Waals surface area contributed by atoms with Crippen molar-refractivity contribution in [1.82, 2.24) is 9.88 Å². The summed E-state index contributed by atoms with van der Waals surface area (Å²) in [6, 6.07) is 0.420. The van der Waals surface area contributed by atoms with Crippen LogP contribution in [0.4, 0.5) is 19.3 Å². The molecule has 0 aliphatic heterocycles. The molecule has 1 heterocycles. The minimum atomic E-state index is -2.63. The van der Waals surface area contributed by atoms with Gasteiger partial charge in [-0.05, 0) is 6.07 Å². The number of hydrogen-bond donors (Lipinski definition) is 2. The van der Waals surface area contributed by atoms with Crippen molar-refractivity contribution in [2.75, 3.05) is 18.9 Å². The van der Waals surface area contributed by atoms with E-state index in [4.69, 9.17) is 5.11 Å². The van der Waals surface area contributed by atoms with Gasteiger partial charge in [0.2, 0.25) is 0 Å². The van der Waals surface area contributed by atoms with Crippen LogP contribution in [0, 0.1) is 0 Å². The average Bonchev–Trinajstić information content (AvgIpc) is 2.28. The van der Waals surface area contributed by atoms with E-state index in [2.05, 4.69) is 10.3 Å². The number of carboxylic acid groups (broad SMARTS) is 1. The van der Waals surface area contributed by atoms with Gasteiger partial charge in [0.1, 0.15) is 0 Å². The number of amides is 2. The molecule has 0 saturated heterocycles. The largest absolute Gasteiger partial charge is 0.478 e. The van der Waals surface area contributed by atoms with E-state index in [9.17, 15) is 18.4 Å². The third kappa shape index (κ3) is 3.96. The van der Waals surface area contributed by atoms with Crippen molar-refractivity contribution in [2.45, 2.75) is 6.43 Å². The number of nitrogens with one attached hydrogen (secondary N) is 1. The molecule has 0 spiro atoms. The number of alkyl halides is 2. The van der Waals surface area contributed by atoms with Crippen LogP contribution in [0.2, 0.25) is 0 Å². The Hall–Kier alpha value is -2.25. The van der Waals surface area contributed by atoms with Gasteiger partial charge in [-0.3, -0.25) is 4.98 Å². The summed E-state index contributed by atoms with van der Waals surface area (Å²) in [7, 11) is 1.20. The summed E-state index contributed by atoms with van der Waals surface area (Å²) in [6.45, 7) is -0.710. The number of aromatic carboxylic acids is 1. The van der Waals surface area contributed by atoms with Gasteiger partial charge < -0.3 is 15.3 Å². The normalized spacial score (nSPS) is 10.2. The Bertz CT molecular complexity index is 454. The van der Waals surface area contributed by atoms with Crippen LogP contribution in [-0.4, -0.2) is 47.0 Å². The number of carbonyl (C=O) groups is 2. The van der Waals surface area contributed by atoms with E-state index in [0.29, 0.717) is 0 Å². The zero-order valence-corrected chi connectivity index (χ0v) is 9.43. The molecule has 0 bridgehead atoms. The maximum absolute atomic E-state index is 12.0. The molecule has 0 fully saturated rings. The molecule has 1 aromatic rings. The fourth-order valence-electron chi connectivity index (χ4n) is 1.13.